The second-order valence-corrected chi connectivity index (χ2v) is 6.41. The number of rotatable bonds is 4. The molecule has 4 amide bonds. The fraction of sp³-hybridized carbons (Fsp3) is 0.0556. The SMILES string of the molecule is O=C(CN1C(=O)S/C(=C\c2ccccc2)C1=O)NNC(=O)c1ccncc1. The van der Waals surface area contributed by atoms with Gasteiger partial charge in [0.25, 0.3) is 23.0 Å². The summed E-state index contributed by atoms with van der Waals surface area (Å²) in [6, 6.07) is 12.0. The van der Waals surface area contributed by atoms with Crippen molar-refractivity contribution in [2.24, 2.45) is 0 Å². The lowest BCUT2D eigenvalue weighted by molar-refractivity contribution is -0.129. The molecule has 2 N–H and O–H groups in total. The predicted octanol–water partition coefficient (Wildman–Crippen LogP) is 1.58. The van der Waals surface area contributed by atoms with Gasteiger partial charge in [-0.3, -0.25) is 39.9 Å². The minimum Gasteiger partial charge on any atom is -0.271 e. The molecule has 27 heavy (non-hydrogen) atoms. The third-order valence-corrected chi connectivity index (χ3v) is 4.44. The summed E-state index contributed by atoms with van der Waals surface area (Å²) >= 11 is 0.764. The molecule has 0 radical (unpaired) electrons. The maximum atomic E-state index is 12.4. The molecule has 0 unspecified atom stereocenters. The Morgan fingerprint density at radius 2 is 1.74 bits per heavy atom. The van der Waals surface area contributed by atoms with Gasteiger partial charge in [0.05, 0.1) is 4.91 Å². The summed E-state index contributed by atoms with van der Waals surface area (Å²) in [6.07, 6.45) is 4.47. The third-order valence-electron chi connectivity index (χ3n) is 3.53. The number of benzene rings is 1. The van der Waals surface area contributed by atoms with Crippen LogP contribution in [0.1, 0.15) is 15.9 Å². The van der Waals surface area contributed by atoms with Gasteiger partial charge in [-0.1, -0.05) is 30.3 Å². The number of nitrogens with zero attached hydrogens (tertiary/aromatic N) is 2. The molecule has 0 aliphatic carbocycles. The fourth-order valence-electron chi connectivity index (χ4n) is 2.22. The standard InChI is InChI=1S/C18H14N4O4S/c23-15(20-21-16(24)13-6-8-19-9-7-13)11-22-17(25)14(27-18(22)26)10-12-4-2-1-3-5-12/h1-10H,11H2,(H,20,23)(H,21,24)/b14-10-. The van der Waals surface area contributed by atoms with Gasteiger partial charge in [-0.05, 0) is 35.5 Å². The highest BCUT2D eigenvalue weighted by molar-refractivity contribution is 8.18. The Morgan fingerprint density at radius 1 is 1.04 bits per heavy atom. The van der Waals surface area contributed by atoms with E-state index in [1.54, 1.807) is 18.2 Å². The molecule has 1 saturated heterocycles. The maximum Gasteiger partial charge on any atom is 0.294 e. The molecule has 0 bridgehead atoms. The zero-order valence-corrected chi connectivity index (χ0v) is 14.7. The lowest BCUT2D eigenvalue weighted by Crippen LogP contribution is -2.47. The van der Waals surface area contributed by atoms with E-state index in [9.17, 15) is 19.2 Å². The molecule has 2 heterocycles. The van der Waals surface area contributed by atoms with Crippen molar-refractivity contribution in [3.63, 3.8) is 0 Å². The molecule has 0 spiro atoms. The van der Waals surface area contributed by atoms with Gasteiger partial charge >= 0.3 is 0 Å². The minimum absolute atomic E-state index is 0.236. The van der Waals surface area contributed by atoms with Crippen LogP contribution in [0.3, 0.4) is 0 Å². The molecule has 1 aromatic heterocycles. The van der Waals surface area contributed by atoms with Crippen LogP contribution >= 0.6 is 11.8 Å². The second kappa shape index (κ2) is 8.28. The molecule has 1 aliphatic rings. The third kappa shape index (κ3) is 4.59. The molecule has 9 heteroatoms. The van der Waals surface area contributed by atoms with Crippen molar-refractivity contribution in [2.75, 3.05) is 6.54 Å². The van der Waals surface area contributed by atoms with E-state index in [4.69, 9.17) is 0 Å². The highest BCUT2D eigenvalue weighted by atomic mass is 32.2. The Morgan fingerprint density at radius 3 is 2.44 bits per heavy atom. The van der Waals surface area contributed by atoms with Crippen LogP contribution in [-0.2, 0) is 9.59 Å². The molecule has 136 valence electrons. The molecule has 1 aliphatic heterocycles. The van der Waals surface area contributed by atoms with Crippen LogP contribution < -0.4 is 10.9 Å². The summed E-state index contributed by atoms with van der Waals surface area (Å²) in [5.41, 5.74) is 5.48. The Labute approximate surface area is 158 Å². The Hall–Kier alpha value is -3.46. The number of hydrogen-bond donors (Lipinski definition) is 2. The monoisotopic (exact) mass is 382 g/mol. The number of hydrazine groups is 1. The van der Waals surface area contributed by atoms with E-state index in [0.29, 0.717) is 5.56 Å². The van der Waals surface area contributed by atoms with Crippen LogP contribution in [-0.4, -0.2) is 39.4 Å². The summed E-state index contributed by atoms with van der Waals surface area (Å²) in [5.74, 6) is -1.78. The highest BCUT2D eigenvalue weighted by Crippen LogP contribution is 2.31. The van der Waals surface area contributed by atoms with Gasteiger partial charge in [0.15, 0.2) is 0 Å². The van der Waals surface area contributed by atoms with Crippen molar-refractivity contribution < 1.29 is 19.2 Å². The van der Waals surface area contributed by atoms with Crippen LogP contribution in [0.5, 0.6) is 0 Å². The zero-order valence-electron chi connectivity index (χ0n) is 13.9. The molecule has 8 nitrogen and oxygen atoms in total. The second-order valence-electron chi connectivity index (χ2n) is 5.42. The van der Waals surface area contributed by atoms with E-state index in [1.807, 2.05) is 18.2 Å². The molecule has 2 aromatic rings. The van der Waals surface area contributed by atoms with Gasteiger partial charge in [0, 0.05) is 18.0 Å². The van der Waals surface area contributed by atoms with E-state index >= 15 is 0 Å². The van der Waals surface area contributed by atoms with Gasteiger partial charge in [-0.2, -0.15) is 0 Å². The number of aromatic nitrogens is 1. The Bertz CT molecular complexity index is 915. The van der Waals surface area contributed by atoms with Gasteiger partial charge in [0.1, 0.15) is 6.54 Å². The smallest absolute Gasteiger partial charge is 0.271 e. The van der Waals surface area contributed by atoms with Crippen LogP contribution in [0.25, 0.3) is 6.08 Å². The van der Waals surface area contributed by atoms with Crippen LogP contribution in [0, 0.1) is 0 Å². The van der Waals surface area contributed by atoms with Gasteiger partial charge in [0.2, 0.25) is 0 Å². The van der Waals surface area contributed by atoms with Gasteiger partial charge in [-0.15, -0.1) is 0 Å². The van der Waals surface area contributed by atoms with Crippen molar-refractivity contribution in [3.8, 4) is 0 Å². The van der Waals surface area contributed by atoms with E-state index < -0.39 is 29.5 Å². The quantitative estimate of drug-likeness (QED) is 0.614. The number of carbonyl (C=O) groups is 4. The molecule has 1 aromatic carbocycles. The van der Waals surface area contributed by atoms with Crippen molar-refractivity contribution in [1.29, 1.82) is 0 Å². The lowest BCUT2D eigenvalue weighted by Gasteiger charge is -2.13. The fourth-order valence-corrected chi connectivity index (χ4v) is 3.06. The summed E-state index contributed by atoms with van der Waals surface area (Å²) in [4.78, 5) is 53.1. The average Bonchev–Trinajstić information content (AvgIpc) is 2.95. The number of hydrogen-bond acceptors (Lipinski definition) is 6. The van der Waals surface area contributed by atoms with Crippen LogP contribution in [0.4, 0.5) is 4.79 Å². The lowest BCUT2D eigenvalue weighted by atomic mass is 10.2. The van der Waals surface area contributed by atoms with E-state index in [-0.39, 0.29) is 4.91 Å². The first kappa shape index (κ1) is 18.3. The van der Waals surface area contributed by atoms with Crippen molar-refractivity contribution in [1.82, 2.24) is 20.7 Å². The van der Waals surface area contributed by atoms with E-state index in [2.05, 4.69) is 15.8 Å². The highest BCUT2D eigenvalue weighted by Gasteiger charge is 2.36. The van der Waals surface area contributed by atoms with Gasteiger partial charge < -0.3 is 0 Å². The number of thioether (sulfide) groups is 1. The summed E-state index contributed by atoms with van der Waals surface area (Å²) in [6.45, 7) is -0.493. The predicted molar refractivity (Wildman–Crippen MR) is 99.0 cm³/mol. The maximum absolute atomic E-state index is 12.4. The number of carbonyl (C=O) groups excluding carboxylic acids is 4. The molecular formula is C18H14N4O4S. The Kier molecular flexibility index (Phi) is 5.62. The van der Waals surface area contributed by atoms with E-state index in [0.717, 1.165) is 22.2 Å². The topological polar surface area (TPSA) is 108 Å². The first-order chi connectivity index (χ1) is 13.0. The number of imide groups is 1. The van der Waals surface area contributed by atoms with Crippen LogP contribution in [0.15, 0.2) is 59.8 Å². The van der Waals surface area contributed by atoms with Crippen molar-refractivity contribution >= 4 is 40.8 Å². The zero-order chi connectivity index (χ0) is 19.2. The van der Waals surface area contributed by atoms with E-state index in [1.165, 1.54) is 24.5 Å². The average molecular weight is 382 g/mol. The molecule has 0 atom stereocenters. The number of pyridine rings is 1. The first-order valence-corrected chi connectivity index (χ1v) is 8.66. The van der Waals surface area contributed by atoms with Crippen molar-refractivity contribution in [2.45, 2.75) is 0 Å². The number of nitrogens with one attached hydrogen (secondary N) is 2. The first-order valence-electron chi connectivity index (χ1n) is 7.84. The largest absolute Gasteiger partial charge is 0.294 e. The van der Waals surface area contributed by atoms with Crippen LogP contribution in [0.2, 0.25) is 0 Å². The summed E-state index contributed by atoms with van der Waals surface area (Å²) < 4.78 is 0. The number of amides is 4. The molecule has 3 rings (SSSR count). The molecule has 1 fully saturated rings. The minimum atomic E-state index is -0.694. The molecular weight excluding hydrogens is 368 g/mol. The molecule has 0 saturated carbocycles. The Balaban J connectivity index is 1.58. The normalized spacial score (nSPS) is 15.1. The summed E-state index contributed by atoms with van der Waals surface area (Å²) in [7, 11) is 0. The summed E-state index contributed by atoms with van der Waals surface area (Å²) in [5, 5.41) is -0.544. The van der Waals surface area contributed by atoms with Gasteiger partial charge in [-0.25, -0.2) is 0 Å². The van der Waals surface area contributed by atoms with Crippen molar-refractivity contribution in [3.05, 3.63) is 70.9 Å².